The highest BCUT2D eigenvalue weighted by molar-refractivity contribution is 7.92. The van der Waals surface area contributed by atoms with E-state index >= 15 is 0 Å². The van der Waals surface area contributed by atoms with Gasteiger partial charge in [-0.25, -0.2) is 8.42 Å². The van der Waals surface area contributed by atoms with E-state index in [9.17, 15) is 13.2 Å². The summed E-state index contributed by atoms with van der Waals surface area (Å²) in [5.41, 5.74) is 0. The predicted octanol–water partition coefficient (Wildman–Crippen LogP) is -0.779. The maximum absolute atomic E-state index is 11.8. The highest BCUT2D eigenvalue weighted by Crippen LogP contribution is 2.14. The largest absolute Gasteiger partial charge is 0.355 e. The molecule has 0 radical (unpaired) electrons. The Morgan fingerprint density at radius 2 is 1.89 bits per heavy atom. The SMILES string of the molecule is CC(C)(C(=O)NCCCN1CCNCC1)S(C)(=O)=O. The Kier molecular flexibility index (Phi) is 5.76. The number of piperazine rings is 1. The third-order valence-electron chi connectivity index (χ3n) is 3.62. The fourth-order valence-electron chi connectivity index (χ4n) is 1.82. The average molecular weight is 291 g/mol. The van der Waals surface area contributed by atoms with E-state index in [1.54, 1.807) is 0 Å². The van der Waals surface area contributed by atoms with Crippen LogP contribution in [0.1, 0.15) is 20.3 Å². The van der Waals surface area contributed by atoms with Crippen LogP contribution >= 0.6 is 0 Å². The molecule has 1 saturated heterocycles. The molecule has 0 aliphatic carbocycles. The summed E-state index contributed by atoms with van der Waals surface area (Å²) in [6, 6.07) is 0. The van der Waals surface area contributed by atoms with Crippen LogP contribution in [0, 0.1) is 0 Å². The van der Waals surface area contributed by atoms with Crippen LogP contribution in [0.25, 0.3) is 0 Å². The number of carbonyl (C=O) groups excluding carboxylic acids is 1. The normalized spacial score (nSPS) is 18.3. The van der Waals surface area contributed by atoms with Crippen molar-refractivity contribution in [2.24, 2.45) is 0 Å². The molecule has 0 saturated carbocycles. The lowest BCUT2D eigenvalue weighted by Gasteiger charge is -2.27. The summed E-state index contributed by atoms with van der Waals surface area (Å²) in [5, 5.41) is 5.99. The van der Waals surface area contributed by atoms with Gasteiger partial charge in [-0.3, -0.25) is 4.79 Å². The molecule has 0 aromatic rings. The van der Waals surface area contributed by atoms with Gasteiger partial charge in [0, 0.05) is 39.0 Å². The molecule has 1 heterocycles. The molecule has 112 valence electrons. The zero-order valence-electron chi connectivity index (χ0n) is 12.0. The Labute approximate surface area is 115 Å². The molecule has 0 unspecified atom stereocenters. The number of hydrogen-bond acceptors (Lipinski definition) is 5. The second-order valence-corrected chi connectivity index (χ2v) is 8.05. The Balaban J connectivity index is 2.27. The van der Waals surface area contributed by atoms with Gasteiger partial charge in [-0.1, -0.05) is 0 Å². The van der Waals surface area contributed by atoms with Crippen molar-refractivity contribution in [2.45, 2.75) is 25.0 Å². The summed E-state index contributed by atoms with van der Waals surface area (Å²) < 4.78 is 21.6. The molecule has 1 rings (SSSR count). The van der Waals surface area contributed by atoms with Crippen LogP contribution in [0.4, 0.5) is 0 Å². The zero-order chi connectivity index (χ0) is 14.5. The Morgan fingerprint density at radius 3 is 2.42 bits per heavy atom. The van der Waals surface area contributed by atoms with Crippen molar-refractivity contribution in [1.29, 1.82) is 0 Å². The Bertz CT molecular complexity index is 400. The van der Waals surface area contributed by atoms with Crippen LogP contribution < -0.4 is 10.6 Å². The maximum atomic E-state index is 11.8. The minimum Gasteiger partial charge on any atom is -0.355 e. The lowest BCUT2D eigenvalue weighted by molar-refractivity contribution is -0.122. The van der Waals surface area contributed by atoms with Gasteiger partial charge in [-0.05, 0) is 26.8 Å². The first-order chi connectivity index (χ1) is 8.75. The van der Waals surface area contributed by atoms with Crippen LogP contribution in [-0.4, -0.2) is 69.5 Å². The summed E-state index contributed by atoms with van der Waals surface area (Å²) in [6.45, 7) is 8.40. The van der Waals surface area contributed by atoms with Crippen molar-refractivity contribution in [3.63, 3.8) is 0 Å². The third-order valence-corrected chi connectivity index (χ3v) is 5.66. The fraction of sp³-hybridized carbons (Fsp3) is 0.917. The number of rotatable bonds is 6. The van der Waals surface area contributed by atoms with Crippen LogP contribution in [0.5, 0.6) is 0 Å². The number of nitrogens with zero attached hydrogens (tertiary/aromatic N) is 1. The molecule has 0 aromatic carbocycles. The lowest BCUT2D eigenvalue weighted by Crippen LogP contribution is -2.48. The summed E-state index contributed by atoms with van der Waals surface area (Å²) in [6.07, 6.45) is 1.93. The van der Waals surface area contributed by atoms with E-state index in [1.807, 2.05) is 0 Å². The van der Waals surface area contributed by atoms with E-state index in [0.29, 0.717) is 6.54 Å². The van der Waals surface area contributed by atoms with E-state index in [-0.39, 0.29) is 0 Å². The fourth-order valence-corrected chi connectivity index (χ4v) is 2.23. The summed E-state index contributed by atoms with van der Waals surface area (Å²) in [4.78, 5) is 14.2. The standard InChI is InChI=1S/C12H25N3O3S/c1-12(2,19(3,17)18)11(16)14-5-4-8-15-9-6-13-7-10-15/h13H,4-10H2,1-3H3,(H,14,16). The first kappa shape index (κ1) is 16.4. The van der Waals surface area contributed by atoms with Gasteiger partial charge in [0.25, 0.3) is 0 Å². The van der Waals surface area contributed by atoms with Gasteiger partial charge in [-0.2, -0.15) is 0 Å². The number of amides is 1. The van der Waals surface area contributed by atoms with Crippen molar-refractivity contribution >= 4 is 15.7 Å². The molecular formula is C12H25N3O3S. The molecule has 0 bridgehead atoms. The molecule has 1 aliphatic heterocycles. The topological polar surface area (TPSA) is 78.5 Å². The first-order valence-electron chi connectivity index (χ1n) is 6.66. The predicted molar refractivity (Wildman–Crippen MR) is 75.9 cm³/mol. The highest BCUT2D eigenvalue weighted by atomic mass is 32.2. The maximum Gasteiger partial charge on any atom is 0.240 e. The number of nitrogens with one attached hydrogen (secondary N) is 2. The molecule has 7 heteroatoms. The van der Waals surface area contributed by atoms with Crippen molar-refractivity contribution in [3.8, 4) is 0 Å². The first-order valence-corrected chi connectivity index (χ1v) is 8.55. The lowest BCUT2D eigenvalue weighted by atomic mass is 10.2. The van der Waals surface area contributed by atoms with E-state index in [4.69, 9.17) is 0 Å². The molecule has 19 heavy (non-hydrogen) atoms. The third kappa shape index (κ3) is 4.74. The summed E-state index contributed by atoms with van der Waals surface area (Å²) in [7, 11) is -3.39. The molecule has 1 fully saturated rings. The highest BCUT2D eigenvalue weighted by Gasteiger charge is 2.38. The van der Waals surface area contributed by atoms with Gasteiger partial charge in [-0.15, -0.1) is 0 Å². The Hall–Kier alpha value is -0.660. The molecule has 0 atom stereocenters. The van der Waals surface area contributed by atoms with Gasteiger partial charge in [0.2, 0.25) is 5.91 Å². The van der Waals surface area contributed by atoms with Crippen molar-refractivity contribution in [2.75, 3.05) is 45.5 Å². The van der Waals surface area contributed by atoms with E-state index in [2.05, 4.69) is 15.5 Å². The quantitative estimate of drug-likeness (QED) is 0.628. The van der Waals surface area contributed by atoms with Crippen LogP contribution in [0.15, 0.2) is 0 Å². The second kappa shape index (κ2) is 6.67. The van der Waals surface area contributed by atoms with E-state index in [1.165, 1.54) is 13.8 Å². The van der Waals surface area contributed by atoms with Gasteiger partial charge in [0.15, 0.2) is 9.84 Å². The number of carbonyl (C=O) groups is 1. The molecule has 1 amide bonds. The van der Waals surface area contributed by atoms with Gasteiger partial charge < -0.3 is 15.5 Å². The van der Waals surface area contributed by atoms with Crippen molar-refractivity contribution in [1.82, 2.24) is 15.5 Å². The minimum atomic E-state index is -3.39. The van der Waals surface area contributed by atoms with E-state index < -0.39 is 20.5 Å². The smallest absolute Gasteiger partial charge is 0.240 e. The van der Waals surface area contributed by atoms with Crippen LogP contribution in [0.3, 0.4) is 0 Å². The molecule has 2 N–H and O–H groups in total. The van der Waals surface area contributed by atoms with Crippen molar-refractivity contribution in [3.05, 3.63) is 0 Å². The zero-order valence-corrected chi connectivity index (χ0v) is 12.8. The Morgan fingerprint density at radius 1 is 1.32 bits per heavy atom. The number of hydrogen-bond donors (Lipinski definition) is 2. The van der Waals surface area contributed by atoms with E-state index in [0.717, 1.165) is 45.4 Å². The average Bonchev–Trinajstić information content (AvgIpc) is 2.34. The molecule has 0 spiro atoms. The molecule has 1 aliphatic rings. The minimum absolute atomic E-state index is 0.421. The van der Waals surface area contributed by atoms with Crippen LogP contribution in [0.2, 0.25) is 0 Å². The summed E-state index contributed by atoms with van der Waals surface area (Å²) >= 11 is 0. The molecule has 0 aromatic heterocycles. The van der Waals surface area contributed by atoms with Gasteiger partial charge >= 0.3 is 0 Å². The molecular weight excluding hydrogens is 266 g/mol. The number of sulfone groups is 1. The molecule has 6 nitrogen and oxygen atoms in total. The van der Waals surface area contributed by atoms with Gasteiger partial charge in [0.05, 0.1) is 0 Å². The van der Waals surface area contributed by atoms with Crippen molar-refractivity contribution < 1.29 is 13.2 Å². The van der Waals surface area contributed by atoms with Gasteiger partial charge in [0.1, 0.15) is 4.75 Å². The second-order valence-electron chi connectivity index (χ2n) is 5.48. The summed E-state index contributed by atoms with van der Waals surface area (Å²) in [5.74, 6) is -0.421. The monoisotopic (exact) mass is 291 g/mol. The van der Waals surface area contributed by atoms with Crippen LogP contribution in [-0.2, 0) is 14.6 Å².